The smallest absolute Gasteiger partial charge is 0.279 e. The molecular formula is C14H12ClFN2O3S. The van der Waals surface area contributed by atoms with Crippen LogP contribution in [0.1, 0.15) is 16.6 Å². The number of carbonyl (C=O) groups excluding carboxylic acids is 2. The van der Waals surface area contributed by atoms with Gasteiger partial charge in [0, 0.05) is 0 Å². The predicted molar refractivity (Wildman–Crippen MR) is 81.4 cm³/mol. The van der Waals surface area contributed by atoms with E-state index in [0.717, 1.165) is 11.3 Å². The second kappa shape index (κ2) is 7.24. The Morgan fingerprint density at radius 2 is 1.95 bits per heavy atom. The molecule has 0 aliphatic rings. The minimum absolute atomic E-state index is 0.0403. The average molecular weight is 343 g/mol. The van der Waals surface area contributed by atoms with Crippen molar-refractivity contribution in [2.75, 3.05) is 0 Å². The lowest BCUT2D eigenvalue weighted by molar-refractivity contribution is -0.128. The predicted octanol–water partition coefficient (Wildman–Crippen LogP) is 2.77. The SMILES string of the molecule is C[C@H](Oc1ccccc1F)C(=O)NNC(=O)c1ccc(Cl)s1. The van der Waals surface area contributed by atoms with Crippen molar-refractivity contribution in [1.29, 1.82) is 0 Å². The van der Waals surface area contributed by atoms with Gasteiger partial charge in [0.05, 0.1) is 9.21 Å². The molecule has 0 unspecified atom stereocenters. The molecule has 0 spiro atoms. The first-order valence-corrected chi connectivity index (χ1v) is 7.43. The number of thiophene rings is 1. The molecule has 1 heterocycles. The highest BCUT2D eigenvalue weighted by Crippen LogP contribution is 2.21. The Morgan fingerprint density at radius 3 is 2.59 bits per heavy atom. The quantitative estimate of drug-likeness (QED) is 0.840. The van der Waals surface area contributed by atoms with Crippen LogP contribution in [0.3, 0.4) is 0 Å². The number of rotatable bonds is 4. The minimum atomic E-state index is -0.982. The van der Waals surface area contributed by atoms with E-state index in [1.807, 2.05) is 0 Å². The second-order valence-corrected chi connectivity index (χ2v) is 5.95. The lowest BCUT2D eigenvalue weighted by Gasteiger charge is -2.15. The zero-order valence-corrected chi connectivity index (χ0v) is 13.0. The molecule has 2 amide bonds. The zero-order chi connectivity index (χ0) is 16.1. The molecule has 0 aliphatic carbocycles. The Bertz CT molecular complexity index is 692. The number of hydrogen-bond donors (Lipinski definition) is 2. The zero-order valence-electron chi connectivity index (χ0n) is 11.4. The standard InChI is InChI=1S/C14H12ClFN2O3S/c1-8(21-10-5-3-2-4-9(10)16)13(19)17-18-14(20)11-6-7-12(15)22-11/h2-8H,1H3,(H,17,19)(H,18,20)/t8-/m0/s1. The van der Waals surface area contributed by atoms with Crippen molar-refractivity contribution in [1.82, 2.24) is 10.9 Å². The lowest BCUT2D eigenvalue weighted by Crippen LogP contribution is -2.47. The maximum absolute atomic E-state index is 13.4. The molecule has 2 aromatic rings. The van der Waals surface area contributed by atoms with Crippen molar-refractivity contribution in [3.63, 3.8) is 0 Å². The molecule has 1 aromatic carbocycles. The van der Waals surface area contributed by atoms with Gasteiger partial charge in [0.15, 0.2) is 17.7 Å². The number of hydrazine groups is 1. The van der Waals surface area contributed by atoms with E-state index < -0.39 is 23.7 Å². The third-order valence-electron chi connectivity index (χ3n) is 2.61. The van der Waals surface area contributed by atoms with Gasteiger partial charge in [0.2, 0.25) is 0 Å². The summed E-state index contributed by atoms with van der Waals surface area (Å²) in [6.45, 7) is 1.44. The molecule has 1 aromatic heterocycles. The third kappa shape index (κ3) is 4.19. The molecule has 22 heavy (non-hydrogen) atoms. The van der Waals surface area contributed by atoms with Crippen LogP contribution in [0, 0.1) is 5.82 Å². The molecule has 1 atom stereocenters. The van der Waals surface area contributed by atoms with E-state index in [4.69, 9.17) is 16.3 Å². The first-order chi connectivity index (χ1) is 10.5. The molecule has 0 saturated carbocycles. The molecule has 116 valence electrons. The Morgan fingerprint density at radius 1 is 1.23 bits per heavy atom. The van der Waals surface area contributed by atoms with Crippen LogP contribution >= 0.6 is 22.9 Å². The van der Waals surface area contributed by atoms with Crippen molar-refractivity contribution in [2.45, 2.75) is 13.0 Å². The molecule has 0 fully saturated rings. The van der Waals surface area contributed by atoms with Crippen molar-refractivity contribution in [2.24, 2.45) is 0 Å². The minimum Gasteiger partial charge on any atom is -0.478 e. The van der Waals surface area contributed by atoms with E-state index in [-0.39, 0.29) is 5.75 Å². The van der Waals surface area contributed by atoms with E-state index in [1.165, 1.54) is 31.2 Å². The van der Waals surface area contributed by atoms with Crippen LogP contribution in [-0.4, -0.2) is 17.9 Å². The summed E-state index contributed by atoms with van der Waals surface area (Å²) in [6, 6.07) is 8.85. The van der Waals surface area contributed by atoms with Gasteiger partial charge in [0.25, 0.3) is 11.8 Å². The number of amides is 2. The second-order valence-electron chi connectivity index (χ2n) is 4.24. The van der Waals surface area contributed by atoms with Crippen LogP contribution in [0.5, 0.6) is 5.75 Å². The number of hydrogen-bond acceptors (Lipinski definition) is 4. The summed E-state index contributed by atoms with van der Waals surface area (Å²) >= 11 is 6.80. The van der Waals surface area contributed by atoms with Crippen molar-refractivity contribution in [3.8, 4) is 5.75 Å². The monoisotopic (exact) mass is 342 g/mol. The summed E-state index contributed by atoms with van der Waals surface area (Å²) < 4.78 is 19.1. The summed E-state index contributed by atoms with van der Waals surface area (Å²) in [5, 5.41) is 0. The molecule has 0 aliphatic heterocycles. The molecule has 2 N–H and O–H groups in total. The Labute approximate surface area is 135 Å². The summed E-state index contributed by atoms with van der Waals surface area (Å²) in [5.74, 6) is -1.72. The van der Waals surface area contributed by atoms with Gasteiger partial charge in [-0.25, -0.2) is 4.39 Å². The van der Waals surface area contributed by atoms with E-state index >= 15 is 0 Å². The van der Waals surface area contributed by atoms with E-state index in [0.29, 0.717) is 9.21 Å². The third-order valence-corrected chi connectivity index (χ3v) is 3.84. The molecule has 0 bridgehead atoms. The number of nitrogens with one attached hydrogen (secondary N) is 2. The van der Waals surface area contributed by atoms with E-state index in [2.05, 4.69) is 10.9 Å². The van der Waals surface area contributed by atoms with Gasteiger partial charge in [-0.05, 0) is 31.2 Å². The van der Waals surface area contributed by atoms with Crippen molar-refractivity contribution < 1.29 is 18.7 Å². The highest BCUT2D eigenvalue weighted by atomic mass is 35.5. The van der Waals surface area contributed by atoms with Crippen LogP contribution in [0.15, 0.2) is 36.4 Å². The fourth-order valence-electron chi connectivity index (χ4n) is 1.50. The summed E-state index contributed by atoms with van der Waals surface area (Å²) in [5.41, 5.74) is 4.44. The first-order valence-electron chi connectivity index (χ1n) is 6.24. The topological polar surface area (TPSA) is 67.4 Å². The van der Waals surface area contributed by atoms with Crippen LogP contribution in [0.4, 0.5) is 4.39 Å². The highest BCUT2D eigenvalue weighted by Gasteiger charge is 2.17. The van der Waals surface area contributed by atoms with Gasteiger partial charge in [-0.3, -0.25) is 20.4 Å². The number of ether oxygens (including phenoxy) is 1. The first kappa shape index (κ1) is 16.3. The molecule has 5 nitrogen and oxygen atoms in total. The molecular weight excluding hydrogens is 331 g/mol. The van der Waals surface area contributed by atoms with E-state index in [1.54, 1.807) is 12.1 Å². The number of halogens is 2. The van der Waals surface area contributed by atoms with Gasteiger partial charge >= 0.3 is 0 Å². The van der Waals surface area contributed by atoms with Crippen molar-refractivity contribution >= 4 is 34.8 Å². The maximum Gasteiger partial charge on any atom is 0.279 e. The summed E-state index contributed by atoms with van der Waals surface area (Å²) in [6.07, 6.45) is -0.982. The number of carbonyl (C=O) groups is 2. The van der Waals surface area contributed by atoms with Crippen LogP contribution in [-0.2, 0) is 4.79 Å². The Kier molecular flexibility index (Phi) is 5.35. The van der Waals surface area contributed by atoms with Crippen LogP contribution in [0.25, 0.3) is 0 Å². The van der Waals surface area contributed by atoms with Gasteiger partial charge < -0.3 is 4.74 Å². The normalized spacial score (nSPS) is 11.6. The lowest BCUT2D eigenvalue weighted by atomic mass is 10.3. The van der Waals surface area contributed by atoms with Gasteiger partial charge in [-0.2, -0.15) is 0 Å². The molecule has 8 heteroatoms. The summed E-state index contributed by atoms with van der Waals surface area (Å²) in [7, 11) is 0. The Balaban J connectivity index is 1.86. The highest BCUT2D eigenvalue weighted by molar-refractivity contribution is 7.17. The van der Waals surface area contributed by atoms with Gasteiger partial charge in [-0.1, -0.05) is 23.7 Å². The van der Waals surface area contributed by atoms with Crippen LogP contribution in [0.2, 0.25) is 4.34 Å². The van der Waals surface area contributed by atoms with Gasteiger partial charge in [0.1, 0.15) is 0 Å². The maximum atomic E-state index is 13.4. The number of para-hydroxylation sites is 1. The van der Waals surface area contributed by atoms with Gasteiger partial charge in [-0.15, -0.1) is 11.3 Å². The molecule has 2 rings (SSSR count). The molecule has 0 saturated heterocycles. The average Bonchev–Trinajstić information content (AvgIpc) is 2.93. The fourth-order valence-corrected chi connectivity index (χ4v) is 2.44. The van der Waals surface area contributed by atoms with Crippen molar-refractivity contribution in [3.05, 3.63) is 51.4 Å². The van der Waals surface area contributed by atoms with E-state index in [9.17, 15) is 14.0 Å². The summed E-state index contributed by atoms with van der Waals surface area (Å²) in [4.78, 5) is 23.9. The molecule has 0 radical (unpaired) electrons. The fraction of sp³-hybridized carbons (Fsp3) is 0.143. The Hall–Kier alpha value is -2.12. The largest absolute Gasteiger partial charge is 0.478 e. The van der Waals surface area contributed by atoms with Crippen LogP contribution < -0.4 is 15.6 Å². The number of benzene rings is 1.